The number of rotatable bonds is 9. The van der Waals surface area contributed by atoms with Crippen LogP contribution in [-0.2, 0) is 0 Å². The average molecular weight is 806 g/mol. The van der Waals surface area contributed by atoms with E-state index in [9.17, 15) is 0 Å². The number of anilines is 3. The third-order valence-corrected chi connectivity index (χ3v) is 17.3. The van der Waals surface area contributed by atoms with Crippen LogP contribution in [0.5, 0.6) is 0 Å². The van der Waals surface area contributed by atoms with Gasteiger partial charge in [0.2, 0.25) is 0 Å². The minimum Gasteiger partial charge on any atom is -0.311 e. The van der Waals surface area contributed by atoms with E-state index >= 15 is 0 Å². The molecule has 0 unspecified atom stereocenters. The molecule has 11 aromatic carbocycles. The Morgan fingerprint density at radius 2 is 0.548 bits per heavy atom. The summed E-state index contributed by atoms with van der Waals surface area (Å²) in [5, 5.41) is 13.0. The van der Waals surface area contributed by atoms with Crippen molar-refractivity contribution in [1.82, 2.24) is 0 Å². The molecule has 0 fully saturated rings. The van der Waals surface area contributed by atoms with E-state index in [1.807, 2.05) is 0 Å². The molecule has 292 valence electrons. The molecule has 0 heterocycles. The molecular weight excluding hydrogens is 763 g/mol. The van der Waals surface area contributed by atoms with E-state index in [0.717, 1.165) is 17.1 Å². The maximum Gasteiger partial charge on any atom is 0.179 e. The Morgan fingerprint density at radius 3 is 1.02 bits per heavy atom. The number of nitrogens with zero attached hydrogens (tertiary/aromatic N) is 1. The zero-order valence-corrected chi connectivity index (χ0v) is 35.3. The fourth-order valence-electron chi connectivity index (χ4n) is 9.73. The second kappa shape index (κ2) is 16.0. The molecule has 0 aliphatic heterocycles. The molecule has 0 N–H and O–H groups in total. The van der Waals surface area contributed by atoms with Crippen molar-refractivity contribution in [2.75, 3.05) is 4.90 Å². The van der Waals surface area contributed by atoms with Gasteiger partial charge in [0.15, 0.2) is 8.07 Å². The zero-order chi connectivity index (χ0) is 41.3. The predicted octanol–water partition coefficient (Wildman–Crippen LogP) is 13.3. The quantitative estimate of drug-likeness (QED) is 0.0798. The van der Waals surface area contributed by atoms with Crippen molar-refractivity contribution in [3.63, 3.8) is 0 Å². The van der Waals surface area contributed by atoms with Crippen molar-refractivity contribution in [1.29, 1.82) is 0 Å². The van der Waals surface area contributed by atoms with E-state index in [1.165, 1.54) is 75.3 Å². The highest BCUT2D eigenvalue weighted by molar-refractivity contribution is 7.20. The molecule has 1 nitrogen and oxygen atoms in total. The maximum atomic E-state index is 2.55. The highest BCUT2D eigenvalue weighted by Crippen LogP contribution is 2.36. The van der Waals surface area contributed by atoms with E-state index < -0.39 is 8.07 Å². The first-order valence-corrected chi connectivity index (χ1v) is 23.4. The largest absolute Gasteiger partial charge is 0.311 e. The Labute approximate surface area is 364 Å². The number of hydrogen-bond acceptors (Lipinski definition) is 1. The summed E-state index contributed by atoms with van der Waals surface area (Å²) in [5.74, 6) is 0. The van der Waals surface area contributed by atoms with Crippen LogP contribution < -0.4 is 25.6 Å². The van der Waals surface area contributed by atoms with Gasteiger partial charge in [-0.1, -0.05) is 224 Å². The van der Waals surface area contributed by atoms with Crippen LogP contribution in [0, 0.1) is 0 Å². The lowest BCUT2D eigenvalue weighted by Gasteiger charge is -2.36. The molecule has 0 aromatic heterocycles. The van der Waals surface area contributed by atoms with Crippen LogP contribution in [0.1, 0.15) is 0 Å². The molecule has 2 heteroatoms. The van der Waals surface area contributed by atoms with Crippen LogP contribution in [-0.4, -0.2) is 8.07 Å². The van der Waals surface area contributed by atoms with Crippen LogP contribution in [0.3, 0.4) is 0 Å². The van der Waals surface area contributed by atoms with Gasteiger partial charge in [0.05, 0.1) is 0 Å². The van der Waals surface area contributed by atoms with Crippen molar-refractivity contribution >= 4 is 78.2 Å². The lowest BCUT2D eigenvalue weighted by molar-refractivity contribution is 1.28. The van der Waals surface area contributed by atoms with Crippen molar-refractivity contribution in [3.8, 4) is 22.3 Å². The van der Waals surface area contributed by atoms with Crippen molar-refractivity contribution in [2.24, 2.45) is 0 Å². The molecule has 0 amide bonds. The van der Waals surface area contributed by atoms with Crippen LogP contribution >= 0.6 is 0 Å². The SMILES string of the molecule is c1ccc(-c2cccc([Si](c3ccc(N(c4ccccc4)c4ccccc4)cc3)(c3cccc(-c4ccccc4)c3)c3ccc4c5ccccc5c5ccccc5c4c3)c2)cc1. The van der Waals surface area contributed by atoms with Crippen molar-refractivity contribution in [2.45, 2.75) is 0 Å². The lowest BCUT2D eigenvalue weighted by atomic mass is 9.94. The standard InChI is InChI=1S/C60H43NSi/c1-5-19-44(20-6-1)46-23-17-29-52(41-46)62(53-30-18-24-47(42-53)45-21-7-2-8-22-45,51-37-35-50(36-38-51)61(48-25-9-3-10-26-48)49-27-11-4-12-28-49)54-39-40-59-57-33-14-13-31-55(57)56-32-15-16-34-58(56)60(59)43-54/h1-43H. The Bertz CT molecular complexity index is 3170. The molecule has 0 saturated carbocycles. The van der Waals surface area contributed by atoms with E-state index in [1.54, 1.807) is 0 Å². The Kier molecular flexibility index (Phi) is 9.61. The maximum absolute atomic E-state index is 3.14. The van der Waals surface area contributed by atoms with Crippen LogP contribution in [0.2, 0.25) is 0 Å². The minimum atomic E-state index is -3.14. The highest BCUT2D eigenvalue weighted by Gasteiger charge is 2.42. The molecule has 0 saturated heterocycles. The molecule has 11 aromatic rings. The van der Waals surface area contributed by atoms with Gasteiger partial charge in [-0.2, -0.15) is 0 Å². The number of benzene rings is 11. The fourth-order valence-corrected chi connectivity index (χ4v) is 14.5. The number of para-hydroxylation sites is 2. The van der Waals surface area contributed by atoms with Crippen molar-refractivity contribution < 1.29 is 0 Å². The summed E-state index contributed by atoms with van der Waals surface area (Å²) >= 11 is 0. The topological polar surface area (TPSA) is 3.24 Å². The Balaban J connectivity index is 1.23. The summed E-state index contributed by atoms with van der Waals surface area (Å²) in [5.41, 5.74) is 8.20. The lowest BCUT2D eigenvalue weighted by Crippen LogP contribution is -2.74. The average Bonchev–Trinajstić information content (AvgIpc) is 3.36. The first-order valence-electron chi connectivity index (χ1n) is 21.4. The second-order valence-corrected chi connectivity index (χ2v) is 19.9. The van der Waals surface area contributed by atoms with E-state index in [2.05, 4.69) is 266 Å². The molecule has 11 rings (SSSR count). The summed E-state index contributed by atoms with van der Waals surface area (Å²) in [6.07, 6.45) is 0. The van der Waals surface area contributed by atoms with E-state index in [0.29, 0.717) is 0 Å². The predicted molar refractivity (Wildman–Crippen MR) is 268 cm³/mol. The van der Waals surface area contributed by atoms with Gasteiger partial charge >= 0.3 is 0 Å². The van der Waals surface area contributed by atoms with E-state index in [-0.39, 0.29) is 0 Å². The van der Waals surface area contributed by atoms with Crippen molar-refractivity contribution in [3.05, 3.63) is 261 Å². The highest BCUT2D eigenvalue weighted by atomic mass is 28.3. The first-order chi connectivity index (χ1) is 30.8. The summed E-state index contributed by atoms with van der Waals surface area (Å²) in [6, 6.07) is 96.6. The molecular formula is C60H43NSi. The van der Waals surface area contributed by atoms with Gasteiger partial charge in [-0.3, -0.25) is 0 Å². The molecule has 0 atom stereocenters. The summed E-state index contributed by atoms with van der Waals surface area (Å²) in [6.45, 7) is 0. The van der Waals surface area contributed by atoms with Crippen LogP contribution in [0.15, 0.2) is 261 Å². The normalized spacial score (nSPS) is 11.5. The van der Waals surface area contributed by atoms with Crippen LogP contribution in [0.4, 0.5) is 17.1 Å². The third kappa shape index (κ3) is 6.50. The molecule has 0 bridgehead atoms. The number of hydrogen-bond donors (Lipinski definition) is 0. The summed E-state index contributed by atoms with van der Waals surface area (Å²) < 4.78 is 0. The monoisotopic (exact) mass is 805 g/mol. The van der Waals surface area contributed by atoms with Gasteiger partial charge in [-0.15, -0.1) is 0 Å². The minimum absolute atomic E-state index is 1.11. The molecule has 0 spiro atoms. The van der Waals surface area contributed by atoms with Gasteiger partial charge in [0.25, 0.3) is 0 Å². The Hall–Kier alpha value is -7.78. The molecule has 0 aliphatic carbocycles. The van der Waals surface area contributed by atoms with Gasteiger partial charge in [0.1, 0.15) is 0 Å². The first kappa shape index (κ1) is 37.2. The van der Waals surface area contributed by atoms with Gasteiger partial charge in [-0.05, 0) is 112 Å². The van der Waals surface area contributed by atoms with Gasteiger partial charge in [0, 0.05) is 17.1 Å². The smallest absolute Gasteiger partial charge is 0.179 e. The number of fused-ring (bicyclic) bond motifs is 6. The molecule has 0 aliphatic rings. The van der Waals surface area contributed by atoms with Crippen LogP contribution in [0.25, 0.3) is 54.6 Å². The molecule has 0 radical (unpaired) electrons. The van der Waals surface area contributed by atoms with Gasteiger partial charge < -0.3 is 4.90 Å². The fraction of sp³-hybridized carbons (Fsp3) is 0. The summed E-state index contributed by atoms with van der Waals surface area (Å²) in [4.78, 5) is 2.35. The molecule has 62 heavy (non-hydrogen) atoms. The third-order valence-electron chi connectivity index (χ3n) is 12.6. The zero-order valence-electron chi connectivity index (χ0n) is 34.3. The van der Waals surface area contributed by atoms with Gasteiger partial charge in [-0.25, -0.2) is 0 Å². The van der Waals surface area contributed by atoms with E-state index in [4.69, 9.17) is 0 Å². The Morgan fingerprint density at radius 1 is 0.210 bits per heavy atom. The summed E-state index contributed by atoms with van der Waals surface area (Å²) in [7, 11) is -3.14. The second-order valence-electron chi connectivity index (χ2n) is 16.0.